The SMILES string of the molecule is CC(C)=C[C@H]1C[C@@H]([C@@H]2CC[C@]3(C)C4=CC[C@H]5C(C)(C)C(=O)CC[C@]5(C)[C@H]4CC[C@@]23C)C(O)O1. The topological polar surface area (TPSA) is 46.5 Å². The highest BCUT2D eigenvalue weighted by Crippen LogP contribution is 2.73. The maximum atomic E-state index is 12.8. The lowest BCUT2D eigenvalue weighted by Crippen LogP contribution is -2.57. The molecule has 9 atom stereocenters. The number of ketones is 1. The van der Waals surface area contributed by atoms with Gasteiger partial charge in [0.1, 0.15) is 5.78 Å². The number of hydrogen-bond acceptors (Lipinski definition) is 3. The van der Waals surface area contributed by atoms with Crippen molar-refractivity contribution in [1.82, 2.24) is 0 Å². The first kappa shape index (κ1) is 23.8. The first-order chi connectivity index (χ1) is 15.3. The summed E-state index contributed by atoms with van der Waals surface area (Å²) in [5.74, 6) is 2.26. The second-order valence-electron chi connectivity index (χ2n) is 13.8. The van der Waals surface area contributed by atoms with Crippen LogP contribution in [0.5, 0.6) is 0 Å². The van der Waals surface area contributed by atoms with Crippen LogP contribution < -0.4 is 0 Å². The fraction of sp³-hybridized carbons (Fsp3) is 0.833. The van der Waals surface area contributed by atoms with Crippen LogP contribution in [0.25, 0.3) is 0 Å². The molecule has 0 amide bonds. The Bertz CT molecular complexity index is 894. The number of aliphatic hydroxyl groups is 1. The standard InChI is InChI=1S/C30H46O3/c1-18(2)16-19-17-20(26(32)33-19)21-10-14-30(7)23-8-9-24-27(3,4)25(31)12-13-28(24,5)22(23)11-15-29(21,30)6/h8,16,19-22,24,26,32H,9-15,17H2,1-7H3/t19-,20-,21-,22-,24-,26?,28+,29-,30+/m0/s1. The van der Waals surface area contributed by atoms with Crippen LogP contribution in [0.3, 0.4) is 0 Å². The van der Waals surface area contributed by atoms with Gasteiger partial charge in [-0.3, -0.25) is 4.79 Å². The Morgan fingerprint density at radius 2 is 1.82 bits per heavy atom. The maximum absolute atomic E-state index is 12.8. The molecule has 0 aromatic carbocycles. The number of carbonyl (C=O) groups excluding carboxylic acids is 1. The summed E-state index contributed by atoms with van der Waals surface area (Å²) < 4.78 is 6.01. The van der Waals surface area contributed by atoms with E-state index in [0.717, 1.165) is 25.7 Å². The molecule has 0 bridgehead atoms. The molecule has 3 saturated carbocycles. The van der Waals surface area contributed by atoms with Gasteiger partial charge >= 0.3 is 0 Å². The van der Waals surface area contributed by atoms with Crippen LogP contribution in [0.2, 0.25) is 0 Å². The van der Waals surface area contributed by atoms with Gasteiger partial charge in [0.2, 0.25) is 0 Å². The zero-order valence-corrected chi connectivity index (χ0v) is 22.0. The van der Waals surface area contributed by atoms with Gasteiger partial charge in [0.15, 0.2) is 6.29 Å². The Hall–Kier alpha value is -0.930. The van der Waals surface area contributed by atoms with E-state index in [1.165, 1.54) is 31.3 Å². The first-order valence-electron chi connectivity index (χ1n) is 13.6. The third-order valence-corrected chi connectivity index (χ3v) is 11.9. The quantitative estimate of drug-likeness (QED) is 0.464. The molecule has 0 radical (unpaired) electrons. The summed E-state index contributed by atoms with van der Waals surface area (Å²) >= 11 is 0. The highest BCUT2D eigenvalue weighted by molar-refractivity contribution is 5.85. The molecule has 4 fully saturated rings. The van der Waals surface area contributed by atoms with Gasteiger partial charge in [0.25, 0.3) is 0 Å². The summed E-state index contributed by atoms with van der Waals surface area (Å²) in [7, 11) is 0. The number of rotatable bonds is 2. The number of ether oxygens (including phenoxy) is 1. The third-order valence-electron chi connectivity index (χ3n) is 11.9. The largest absolute Gasteiger partial charge is 0.368 e. The molecule has 5 aliphatic rings. The Balaban J connectivity index is 1.47. The second kappa shape index (κ2) is 7.53. The zero-order valence-electron chi connectivity index (χ0n) is 22.0. The minimum absolute atomic E-state index is 0.0531. The fourth-order valence-electron chi connectivity index (χ4n) is 9.80. The molecule has 0 aromatic heterocycles. The molecule has 1 saturated heterocycles. The molecular weight excluding hydrogens is 408 g/mol. The molecule has 3 heteroatoms. The van der Waals surface area contributed by atoms with Gasteiger partial charge in [0.05, 0.1) is 6.10 Å². The lowest BCUT2D eigenvalue weighted by Gasteiger charge is -2.63. The average Bonchev–Trinajstić information content (AvgIpc) is 3.20. The number of fused-ring (bicyclic) bond motifs is 5. The normalized spacial score (nSPS) is 50.8. The van der Waals surface area contributed by atoms with Crippen LogP contribution in [-0.4, -0.2) is 23.3 Å². The number of allylic oxidation sites excluding steroid dienone is 3. The van der Waals surface area contributed by atoms with Crippen molar-refractivity contribution in [3.8, 4) is 0 Å². The number of Topliss-reactive ketones (excluding diaryl/α,β-unsaturated/α-hetero) is 1. The molecule has 0 aromatic rings. The summed E-state index contributed by atoms with van der Waals surface area (Å²) in [5.41, 5.74) is 3.38. The van der Waals surface area contributed by atoms with Gasteiger partial charge in [-0.05, 0) is 92.8 Å². The van der Waals surface area contributed by atoms with Crippen LogP contribution in [0.4, 0.5) is 0 Å². The van der Waals surface area contributed by atoms with Gasteiger partial charge in [-0.15, -0.1) is 0 Å². The van der Waals surface area contributed by atoms with Crippen LogP contribution in [0, 0.1) is 45.3 Å². The van der Waals surface area contributed by atoms with Crippen molar-refractivity contribution in [3.05, 3.63) is 23.3 Å². The summed E-state index contributed by atoms with van der Waals surface area (Å²) in [5, 5.41) is 10.9. The Kier molecular flexibility index (Phi) is 5.43. The van der Waals surface area contributed by atoms with E-state index in [9.17, 15) is 9.90 Å². The zero-order chi connectivity index (χ0) is 24.0. The molecule has 1 unspecified atom stereocenters. The van der Waals surface area contributed by atoms with Crippen LogP contribution >= 0.6 is 0 Å². The molecular formula is C30H46O3. The van der Waals surface area contributed by atoms with Gasteiger partial charge < -0.3 is 9.84 Å². The van der Waals surface area contributed by atoms with E-state index < -0.39 is 6.29 Å². The highest BCUT2D eigenvalue weighted by Gasteiger charge is 2.66. The summed E-state index contributed by atoms with van der Waals surface area (Å²) in [6, 6.07) is 0. The molecule has 33 heavy (non-hydrogen) atoms. The van der Waals surface area contributed by atoms with Crippen molar-refractivity contribution < 1.29 is 14.6 Å². The minimum atomic E-state index is -0.639. The van der Waals surface area contributed by atoms with Gasteiger partial charge in [0, 0.05) is 17.8 Å². The number of carbonyl (C=O) groups is 1. The third kappa shape index (κ3) is 3.17. The molecule has 4 aliphatic carbocycles. The monoisotopic (exact) mass is 454 g/mol. The average molecular weight is 455 g/mol. The molecule has 1 N–H and O–H groups in total. The Labute approximate surface area is 201 Å². The van der Waals surface area contributed by atoms with Gasteiger partial charge in [-0.25, -0.2) is 0 Å². The predicted molar refractivity (Wildman–Crippen MR) is 132 cm³/mol. The van der Waals surface area contributed by atoms with E-state index in [4.69, 9.17) is 4.74 Å². The van der Waals surface area contributed by atoms with Crippen LogP contribution in [0.1, 0.15) is 99.8 Å². The van der Waals surface area contributed by atoms with Crippen molar-refractivity contribution in [2.24, 2.45) is 45.3 Å². The number of aliphatic hydroxyl groups excluding tert-OH is 1. The second-order valence-corrected chi connectivity index (χ2v) is 13.8. The van der Waals surface area contributed by atoms with E-state index in [0.29, 0.717) is 23.5 Å². The van der Waals surface area contributed by atoms with Crippen molar-refractivity contribution >= 4 is 5.78 Å². The van der Waals surface area contributed by atoms with Crippen LogP contribution in [-0.2, 0) is 9.53 Å². The Morgan fingerprint density at radius 1 is 1.09 bits per heavy atom. The fourth-order valence-corrected chi connectivity index (χ4v) is 9.80. The molecule has 1 heterocycles. The van der Waals surface area contributed by atoms with Crippen molar-refractivity contribution in [2.45, 2.75) is 112 Å². The predicted octanol–water partition coefficient (Wildman–Crippen LogP) is 6.85. The molecule has 5 rings (SSSR count). The van der Waals surface area contributed by atoms with E-state index in [1.54, 1.807) is 5.57 Å². The maximum Gasteiger partial charge on any atom is 0.158 e. The molecule has 0 spiro atoms. The summed E-state index contributed by atoms with van der Waals surface area (Å²) in [4.78, 5) is 12.8. The number of hydrogen-bond donors (Lipinski definition) is 1. The lowest BCUT2D eigenvalue weighted by molar-refractivity contribution is -0.147. The van der Waals surface area contributed by atoms with Crippen LogP contribution in [0.15, 0.2) is 23.3 Å². The first-order valence-corrected chi connectivity index (χ1v) is 13.6. The van der Waals surface area contributed by atoms with Crippen molar-refractivity contribution in [3.63, 3.8) is 0 Å². The smallest absolute Gasteiger partial charge is 0.158 e. The van der Waals surface area contributed by atoms with Gasteiger partial charge in [-0.1, -0.05) is 57.9 Å². The summed E-state index contributed by atoms with van der Waals surface area (Å²) in [6.45, 7) is 16.2. The van der Waals surface area contributed by atoms with E-state index >= 15 is 0 Å². The van der Waals surface area contributed by atoms with Crippen molar-refractivity contribution in [2.75, 3.05) is 0 Å². The molecule has 3 nitrogen and oxygen atoms in total. The molecule has 184 valence electrons. The van der Waals surface area contributed by atoms with E-state index in [-0.39, 0.29) is 33.7 Å². The molecule has 1 aliphatic heterocycles. The minimum Gasteiger partial charge on any atom is -0.368 e. The van der Waals surface area contributed by atoms with E-state index in [2.05, 4.69) is 60.6 Å². The summed E-state index contributed by atoms with van der Waals surface area (Å²) in [6.07, 6.45) is 12.8. The van der Waals surface area contributed by atoms with E-state index in [1.807, 2.05) is 0 Å². The van der Waals surface area contributed by atoms with Gasteiger partial charge in [-0.2, -0.15) is 0 Å². The van der Waals surface area contributed by atoms with Crippen molar-refractivity contribution in [1.29, 1.82) is 0 Å². The highest BCUT2D eigenvalue weighted by atomic mass is 16.6. The Morgan fingerprint density at radius 3 is 2.52 bits per heavy atom. The lowest BCUT2D eigenvalue weighted by atomic mass is 9.41.